The molecule has 0 saturated carbocycles. The Balaban J connectivity index is 1.61. The van der Waals surface area contributed by atoms with E-state index in [4.69, 9.17) is 9.47 Å². The smallest absolute Gasteiger partial charge is 0.193 e. The monoisotopic (exact) mass is 346 g/mol. The van der Waals surface area contributed by atoms with Gasteiger partial charge in [-0.3, -0.25) is 4.99 Å². The van der Waals surface area contributed by atoms with Crippen molar-refractivity contribution in [2.45, 2.75) is 13.0 Å². The van der Waals surface area contributed by atoms with Gasteiger partial charge in [-0.25, -0.2) is 0 Å². The fraction of sp³-hybridized carbons (Fsp3) is 0.632. The Morgan fingerprint density at radius 2 is 2.08 bits per heavy atom. The molecule has 1 N–H and O–H groups in total. The summed E-state index contributed by atoms with van der Waals surface area (Å²) in [6.07, 6.45) is 1.17. The number of para-hydroxylation sites is 1. The summed E-state index contributed by atoms with van der Waals surface area (Å²) in [6, 6.07) is 8.62. The molecule has 0 amide bonds. The lowest BCUT2D eigenvalue weighted by Crippen LogP contribution is -2.40. The number of likely N-dealkylation sites (tertiary alicyclic amines) is 1. The maximum atomic E-state index is 5.48. The molecular weight excluding hydrogens is 316 g/mol. The van der Waals surface area contributed by atoms with E-state index in [1.807, 2.05) is 7.05 Å². The second-order valence-electron chi connectivity index (χ2n) is 6.68. The summed E-state index contributed by atoms with van der Waals surface area (Å²) in [4.78, 5) is 9.22. The average molecular weight is 346 g/mol. The molecule has 1 unspecified atom stereocenters. The second kappa shape index (κ2) is 9.06. The number of rotatable bonds is 5. The molecule has 2 heterocycles. The Labute approximate surface area is 150 Å². The summed E-state index contributed by atoms with van der Waals surface area (Å²) in [7, 11) is 3.64. The minimum Gasteiger partial charge on any atom is -0.384 e. The van der Waals surface area contributed by atoms with Gasteiger partial charge < -0.3 is 24.6 Å². The van der Waals surface area contributed by atoms with Gasteiger partial charge in [-0.05, 0) is 18.1 Å². The Morgan fingerprint density at radius 1 is 1.28 bits per heavy atom. The van der Waals surface area contributed by atoms with Crippen LogP contribution in [0.5, 0.6) is 0 Å². The van der Waals surface area contributed by atoms with Crippen molar-refractivity contribution < 1.29 is 9.47 Å². The third-order valence-corrected chi connectivity index (χ3v) is 4.98. The zero-order valence-corrected chi connectivity index (χ0v) is 15.4. The van der Waals surface area contributed by atoms with E-state index in [1.54, 1.807) is 7.11 Å². The molecule has 0 bridgehead atoms. The van der Waals surface area contributed by atoms with Crippen molar-refractivity contribution >= 4 is 11.6 Å². The molecule has 1 aromatic carbocycles. The molecule has 2 fully saturated rings. The summed E-state index contributed by atoms with van der Waals surface area (Å²) in [6.45, 7) is 7.18. The largest absolute Gasteiger partial charge is 0.384 e. The number of anilines is 1. The van der Waals surface area contributed by atoms with Crippen LogP contribution in [0.1, 0.15) is 12.0 Å². The summed E-state index contributed by atoms with van der Waals surface area (Å²) in [5, 5.41) is 3.55. The number of hydrogen-bond acceptors (Lipinski definition) is 4. The molecule has 2 saturated heterocycles. The first-order chi connectivity index (χ1) is 12.3. The molecule has 2 aliphatic rings. The summed E-state index contributed by atoms with van der Waals surface area (Å²) < 4.78 is 10.8. The number of nitrogens with zero attached hydrogens (tertiary/aromatic N) is 3. The molecule has 2 aliphatic heterocycles. The van der Waals surface area contributed by atoms with Crippen LogP contribution in [-0.4, -0.2) is 71.0 Å². The van der Waals surface area contributed by atoms with Crippen LogP contribution in [0.25, 0.3) is 0 Å². The van der Waals surface area contributed by atoms with E-state index < -0.39 is 0 Å². The van der Waals surface area contributed by atoms with Gasteiger partial charge in [0.15, 0.2) is 5.96 Å². The predicted molar refractivity (Wildman–Crippen MR) is 101 cm³/mol. The standard InChI is InChI=1S/C19H30N4O2/c1-20-19(23-8-7-16(14-23)15-24-2)21-13-17-5-3-4-6-18(17)22-9-11-25-12-10-22/h3-6,16H,7-15H2,1-2H3,(H,20,21). The Bertz CT molecular complexity index is 572. The van der Waals surface area contributed by atoms with Crippen LogP contribution >= 0.6 is 0 Å². The summed E-state index contributed by atoms with van der Waals surface area (Å²) >= 11 is 0. The van der Waals surface area contributed by atoms with Gasteiger partial charge in [0.1, 0.15) is 0 Å². The van der Waals surface area contributed by atoms with E-state index in [-0.39, 0.29) is 0 Å². The number of morpholine rings is 1. The van der Waals surface area contributed by atoms with Gasteiger partial charge in [-0.1, -0.05) is 18.2 Å². The third kappa shape index (κ3) is 4.64. The summed E-state index contributed by atoms with van der Waals surface area (Å²) in [5.74, 6) is 1.58. The minimum atomic E-state index is 0.601. The molecule has 0 aromatic heterocycles. The molecule has 3 rings (SSSR count). The topological polar surface area (TPSA) is 49.3 Å². The number of nitrogens with one attached hydrogen (secondary N) is 1. The van der Waals surface area contributed by atoms with E-state index >= 15 is 0 Å². The van der Waals surface area contributed by atoms with Gasteiger partial charge in [-0.2, -0.15) is 0 Å². The van der Waals surface area contributed by atoms with Gasteiger partial charge >= 0.3 is 0 Å². The molecule has 1 atom stereocenters. The first-order valence-corrected chi connectivity index (χ1v) is 9.17. The lowest BCUT2D eigenvalue weighted by molar-refractivity contribution is 0.122. The van der Waals surface area contributed by atoms with Gasteiger partial charge in [0, 0.05) is 58.5 Å². The Kier molecular flexibility index (Phi) is 6.53. The van der Waals surface area contributed by atoms with E-state index in [9.17, 15) is 0 Å². The quantitative estimate of drug-likeness (QED) is 0.648. The lowest BCUT2D eigenvalue weighted by Gasteiger charge is -2.31. The van der Waals surface area contributed by atoms with Crippen molar-refractivity contribution in [3.05, 3.63) is 29.8 Å². The Morgan fingerprint density at radius 3 is 2.84 bits per heavy atom. The van der Waals surface area contributed by atoms with Gasteiger partial charge in [-0.15, -0.1) is 0 Å². The van der Waals surface area contributed by atoms with Crippen LogP contribution in [0.4, 0.5) is 5.69 Å². The molecule has 25 heavy (non-hydrogen) atoms. The highest BCUT2D eigenvalue weighted by atomic mass is 16.5. The van der Waals surface area contributed by atoms with Crippen molar-refractivity contribution in [3.63, 3.8) is 0 Å². The van der Waals surface area contributed by atoms with Crippen molar-refractivity contribution in [1.29, 1.82) is 0 Å². The lowest BCUT2D eigenvalue weighted by atomic mass is 10.1. The molecule has 0 aliphatic carbocycles. The average Bonchev–Trinajstić information content (AvgIpc) is 3.12. The molecule has 0 spiro atoms. The highest BCUT2D eigenvalue weighted by Gasteiger charge is 2.24. The first-order valence-electron chi connectivity index (χ1n) is 9.17. The molecule has 6 heteroatoms. The zero-order chi connectivity index (χ0) is 17.5. The highest BCUT2D eigenvalue weighted by molar-refractivity contribution is 5.80. The van der Waals surface area contributed by atoms with Crippen LogP contribution in [-0.2, 0) is 16.0 Å². The SMILES string of the molecule is CN=C(NCc1ccccc1N1CCOCC1)N1CCC(COC)C1. The second-order valence-corrected chi connectivity index (χ2v) is 6.68. The Hall–Kier alpha value is -1.79. The molecule has 6 nitrogen and oxygen atoms in total. The number of hydrogen-bond donors (Lipinski definition) is 1. The predicted octanol–water partition coefficient (Wildman–Crippen LogP) is 1.57. The number of methoxy groups -OCH3 is 1. The fourth-order valence-electron chi connectivity index (χ4n) is 3.68. The van der Waals surface area contributed by atoms with Gasteiger partial charge in [0.25, 0.3) is 0 Å². The highest BCUT2D eigenvalue weighted by Crippen LogP contribution is 2.22. The van der Waals surface area contributed by atoms with Crippen LogP contribution in [0.3, 0.4) is 0 Å². The molecular formula is C19H30N4O2. The summed E-state index contributed by atoms with van der Waals surface area (Å²) in [5.41, 5.74) is 2.60. The van der Waals surface area contributed by atoms with Crippen molar-refractivity contribution in [2.75, 3.05) is 65.1 Å². The normalized spacial score (nSPS) is 21.7. The van der Waals surface area contributed by atoms with Crippen molar-refractivity contribution in [1.82, 2.24) is 10.2 Å². The fourth-order valence-corrected chi connectivity index (χ4v) is 3.68. The maximum absolute atomic E-state index is 5.48. The molecule has 0 radical (unpaired) electrons. The van der Waals surface area contributed by atoms with Crippen LogP contribution < -0.4 is 10.2 Å². The zero-order valence-electron chi connectivity index (χ0n) is 15.4. The number of ether oxygens (including phenoxy) is 2. The van der Waals surface area contributed by atoms with E-state index in [1.165, 1.54) is 17.7 Å². The van der Waals surface area contributed by atoms with E-state index in [0.29, 0.717) is 5.92 Å². The first kappa shape index (κ1) is 18.0. The van der Waals surface area contributed by atoms with Gasteiger partial charge in [0.2, 0.25) is 0 Å². The van der Waals surface area contributed by atoms with Crippen LogP contribution in [0.15, 0.2) is 29.3 Å². The van der Waals surface area contributed by atoms with Gasteiger partial charge in [0.05, 0.1) is 19.8 Å². The molecule has 1 aromatic rings. The number of guanidine groups is 1. The van der Waals surface area contributed by atoms with E-state index in [0.717, 1.165) is 58.5 Å². The van der Waals surface area contributed by atoms with Crippen LogP contribution in [0.2, 0.25) is 0 Å². The van der Waals surface area contributed by atoms with Crippen molar-refractivity contribution in [3.8, 4) is 0 Å². The van der Waals surface area contributed by atoms with E-state index in [2.05, 4.69) is 44.4 Å². The molecule has 138 valence electrons. The number of aliphatic imine (C=N–C) groups is 1. The number of benzene rings is 1. The van der Waals surface area contributed by atoms with Crippen LogP contribution in [0, 0.1) is 5.92 Å². The minimum absolute atomic E-state index is 0.601. The van der Waals surface area contributed by atoms with Crippen molar-refractivity contribution in [2.24, 2.45) is 10.9 Å². The maximum Gasteiger partial charge on any atom is 0.193 e. The third-order valence-electron chi connectivity index (χ3n) is 4.98.